The predicted octanol–water partition coefficient (Wildman–Crippen LogP) is 0.593. The van der Waals surface area contributed by atoms with Gasteiger partial charge in [-0.15, -0.1) is 0 Å². The Morgan fingerprint density at radius 3 is 2.85 bits per heavy atom. The lowest BCUT2D eigenvalue weighted by Crippen LogP contribution is -2.30. The first-order chi connectivity index (χ1) is 6.15. The number of carboxylic acid groups (broad SMARTS) is 1. The van der Waals surface area contributed by atoms with Crippen molar-refractivity contribution in [3.63, 3.8) is 0 Å². The first-order valence-corrected chi connectivity index (χ1v) is 3.60. The molecule has 1 heterocycles. The van der Waals surface area contributed by atoms with Gasteiger partial charge in [0.05, 0.1) is 19.2 Å². The van der Waals surface area contributed by atoms with Gasteiger partial charge in [0.2, 0.25) is 0 Å². The van der Waals surface area contributed by atoms with Crippen molar-refractivity contribution in [3.05, 3.63) is 23.9 Å². The molecule has 13 heavy (non-hydrogen) atoms. The zero-order valence-electron chi connectivity index (χ0n) is 7.06. The fourth-order valence-corrected chi connectivity index (χ4v) is 0.947. The van der Waals surface area contributed by atoms with Crippen LogP contribution in [0, 0.1) is 0 Å². The number of hydrogen-bond donors (Lipinski definition) is 1. The standard InChI is InChI=1S/C8H9NO4/c1-13-7(10)6-3-2-4-9(5-6)8(11)12/h2-4H,5H2,1H3,(H,11,12). The number of methoxy groups -OCH3 is 1. The van der Waals surface area contributed by atoms with E-state index in [1.807, 2.05) is 0 Å². The highest BCUT2D eigenvalue weighted by atomic mass is 16.5. The smallest absolute Gasteiger partial charge is 0.411 e. The summed E-state index contributed by atoms with van der Waals surface area (Å²) in [7, 11) is 1.26. The largest absolute Gasteiger partial charge is 0.466 e. The monoisotopic (exact) mass is 183 g/mol. The molecule has 0 atom stereocenters. The lowest BCUT2D eigenvalue weighted by atomic mass is 10.2. The van der Waals surface area contributed by atoms with Crippen LogP contribution in [0.5, 0.6) is 0 Å². The maximum absolute atomic E-state index is 11.0. The lowest BCUT2D eigenvalue weighted by Gasteiger charge is -2.17. The maximum atomic E-state index is 11.0. The molecule has 0 aliphatic carbocycles. The maximum Gasteiger partial charge on any atom is 0.411 e. The summed E-state index contributed by atoms with van der Waals surface area (Å²) in [5.74, 6) is -0.504. The quantitative estimate of drug-likeness (QED) is 0.604. The molecule has 0 aromatic carbocycles. The van der Waals surface area contributed by atoms with Crippen LogP contribution in [0.15, 0.2) is 23.9 Å². The second-order valence-corrected chi connectivity index (χ2v) is 2.44. The minimum Gasteiger partial charge on any atom is -0.466 e. The SMILES string of the molecule is COC(=O)C1=CC=CN(C(=O)O)C1. The van der Waals surface area contributed by atoms with Crippen molar-refractivity contribution in [2.45, 2.75) is 0 Å². The van der Waals surface area contributed by atoms with Crippen molar-refractivity contribution in [2.75, 3.05) is 13.7 Å². The van der Waals surface area contributed by atoms with Crippen LogP contribution in [-0.2, 0) is 9.53 Å². The zero-order chi connectivity index (χ0) is 9.84. The molecule has 1 rings (SSSR count). The van der Waals surface area contributed by atoms with Gasteiger partial charge in [0.15, 0.2) is 0 Å². The fourth-order valence-electron chi connectivity index (χ4n) is 0.947. The van der Waals surface area contributed by atoms with E-state index in [1.165, 1.54) is 25.5 Å². The van der Waals surface area contributed by atoms with E-state index in [0.29, 0.717) is 5.57 Å². The van der Waals surface area contributed by atoms with Gasteiger partial charge in [-0.1, -0.05) is 0 Å². The topological polar surface area (TPSA) is 66.8 Å². The van der Waals surface area contributed by atoms with Crippen molar-refractivity contribution in [1.82, 2.24) is 4.90 Å². The minimum atomic E-state index is -1.09. The van der Waals surface area contributed by atoms with Gasteiger partial charge in [-0.3, -0.25) is 4.90 Å². The van der Waals surface area contributed by atoms with E-state index < -0.39 is 12.1 Å². The third kappa shape index (κ3) is 2.08. The van der Waals surface area contributed by atoms with Crippen LogP contribution in [0.3, 0.4) is 0 Å². The van der Waals surface area contributed by atoms with Gasteiger partial charge in [-0.25, -0.2) is 9.59 Å². The zero-order valence-corrected chi connectivity index (χ0v) is 7.06. The Morgan fingerprint density at radius 2 is 2.31 bits per heavy atom. The molecule has 0 aromatic heterocycles. The molecule has 0 saturated heterocycles. The molecule has 0 bridgehead atoms. The molecule has 0 fully saturated rings. The summed E-state index contributed by atoms with van der Waals surface area (Å²) in [6.07, 6.45) is 3.31. The molecular weight excluding hydrogens is 174 g/mol. The Balaban J connectivity index is 2.71. The molecular formula is C8H9NO4. The summed E-state index contributed by atoms with van der Waals surface area (Å²) in [6.45, 7) is 0.0402. The second kappa shape index (κ2) is 3.75. The third-order valence-electron chi connectivity index (χ3n) is 1.60. The molecule has 5 heteroatoms. The van der Waals surface area contributed by atoms with Crippen molar-refractivity contribution >= 4 is 12.1 Å². The molecule has 1 amide bonds. The van der Waals surface area contributed by atoms with Crippen molar-refractivity contribution in [1.29, 1.82) is 0 Å². The van der Waals surface area contributed by atoms with Crippen LogP contribution >= 0.6 is 0 Å². The van der Waals surface area contributed by atoms with Gasteiger partial charge >= 0.3 is 12.1 Å². The fraction of sp³-hybridized carbons (Fsp3) is 0.250. The van der Waals surface area contributed by atoms with Gasteiger partial charge in [0, 0.05) is 6.20 Å². The number of carbonyl (C=O) groups excluding carboxylic acids is 1. The number of nitrogens with zero attached hydrogens (tertiary/aromatic N) is 1. The van der Waals surface area contributed by atoms with Crippen LogP contribution in [0.4, 0.5) is 4.79 Å². The van der Waals surface area contributed by atoms with Crippen LogP contribution in [-0.4, -0.2) is 35.7 Å². The lowest BCUT2D eigenvalue weighted by molar-refractivity contribution is -0.136. The Kier molecular flexibility index (Phi) is 2.69. The summed E-state index contributed by atoms with van der Waals surface area (Å²) in [5.41, 5.74) is 0.326. The van der Waals surface area contributed by atoms with Gasteiger partial charge in [-0.05, 0) is 12.2 Å². The van der Waals surface area contributed by atoms with Crippen LogP contribution in [0.1, 0.15) is 0 Å². The van der Waals surface area contributed by atoms with Crippen LogP contribution in [0.25, 0.3) is 0 Å². The molecule has 0 unspecified atom stereocenters. The predicted molar refractivity (Wildman–Crippen MR) is 44.0 cm³/mol. The first-order valence-electron chi connectivity index (χ1n) is 3.60. The number of rotatable bonds is 1. The van der Waals surface area contributed by atoms with Crippen LogP contribution < -0.4 is 0 Å². The van der Waals surface area contributed by atoms with Crippen LogP contribution in [0.2, 0.25) is 0 Å². The van der Waals surface area contributed by atoms with Crippen molar-refractivity contribution < 1.29 is 19.4 Å². The highest BCUT2D eigenvalue weighted by Gasteiger charge is 2.18. The van der Waals surface area contributed by atoms with E-state index in [9.17, 15) is 9.59 Å². The Bertz CT molecular complexity index is 293. The van der Waals surface area contributed by atoms with E-state index in [2.05, 4.69) is 4.74 Å². The number of amides is 1. The molecule has 1 aliphatic rings. The summed E-state index contributed by atoms with van der Waals surface area (Å²) >= 11 is 0. The van der Waals surface area contributed by atoms with Crippen molar-refractivity contribution in [3.8, 4) is 0 Å². The minimum absolute atomic E-state index is 0.0402. The van der Waals surface area contributed by atoms with Gasteiger partial charge in [0.25, 0.3) is 0 Å². The van der Waals surface area contributed by atoms with E-state index in [0.717, 1.165) is 4.90 Å². The number of esters is 1. The summed E-state index contributed by atoms with van der Waals surface area (Å²) in [5, 5.41) is 8.61. The van der Waals surface area contributed by atoms with Crippen molar-refractivity contribution in [2.24, 2.45) is 0 Å². The number of carbonyl (C=O) groups is 2. The molecule has 5 nitrogen and oxygen atoms in total. The molecule has 1 N–H and O–H groups in total. The average molecular weight is 183 g/mol. The highest BCUT2D eigenvalue weighted by Crippen LogP contribution is 2.08. The summed E-state index contributed by atoms with van der Waals surface area (Å²) in [6, 6.07) is 0. The second-order valence-electron chi connectivity index (χ2n) is 2.44. The number of allylic oxidation sites excluding steroid dienone is 2. The number of hydrogen-bond acceptors (Lipinski definition) is 3. The highest BCUT2D eigenvalue weighted by molar-refractivity contribution is 5.90. The Morgan fingerprint density at radius 1 is 1.62 bits per heavy atom. The number of ether oxygens (including phenoxy) is 1. The normalized spacial score (nSPS) is 15.2. The van der Waals surface area contributed by atoms with E-state index in [1.54, 1.807) is 0 Å². The van der Waals surface area contributed by atoms with E-state index in [4.69, 9.17) is 5.11 Å². The molecule has 70 valence electrons. The molecule has 0 aromatic rings. The molecule has 0 spiro atoms. The van der Waals surface area contributed by atoms with Gasteiger partial charge < -0.3 is 9.84 Å². The Hall–Kier alpha value is -1.78. The van der Waals surface area contributed by atoms with E-state index in [-0.39, 0.29) is 6.54 Å². The van der Waals surface area contributed by atoms with E-state index >= 15 is 0 Å². The molecule has 0 saturated carbocycles. The first kappa shape index (κ1) is 9.31. The molecule has 0 radical (unpaired) electrons. The summed E-state index contributed by atoms with van der Waals surface area (Å²) in [4.78, 5) is 22.5. The third-order valence-corrected chi connectivity index (χ3v) is 1.60. The van der Waals surface area contributed by atoms with Gasteiger partial charge in [0.1, 0.15) is 0 Å². The summed E-state index contributed by atoms with van der Waals surface area (Å²) < 4.78 is 4.46. The average Bonchev–Trinajstić information content (AvgIpc) is 2.17. The Labute approximate surface area is 74.9 Å². The van der Waals surface area contributed by atoms with Gasteiger partial charge in [-0.2, -0.15) is 0 Å². The molecule has 1 aliphatic heterocycles.